The number of nitrogens with zero attached hydrogens (tertiary/aromatic N) is 2. The average molecular weight is 558 g/mol. The number of nitrogens with one attached hydrogen (secondary N) is 3. The van der Waals surface area contributed by atoms with Gasteiger partial charge in [0.05, 0.1) is 33.7 Å². The second-order valence-corrected chi connectivity index (χ2v) is 9.64. The zero-order valence-corrected chi connectivity index (χ0v) is 20.3. The maximum Gasteiger partial charge on any atom is 0.416 e. The molecule has 0 fully saturated rings. The zero-order chi connectivity index (χ0) is 27.7. The number of H-pyrrole nitrogens is 1. The molecular formula is C23H20F5N5O4S. The smallest absolute Gasteiger partial charge is 0.383 e. The summed E-state index contributed by atoms with van der Waals surface area (Å²) in [6.45, 7) is 0.644. The Balaban J connectivity index is 1.69. The summed E-state index contributed by atoms with van der Waals surface area (Å²) >= 11 is 0. The van der Waals surface area contributed by atoms with E-state index in [2.05, 4.69) is 20.3 Å². The van der Waals surface area contributed by atoms with Crippen LogP contribution < -0.4 is 10.0 Å². The third kappa shape index (κ3) is 5.39. The molecule has 0 spiro atoms. The summed E-state index contributed by atoms with van der Waals surface area (Å²) < 4.78 is 101. The number of alkyl halides is 3. The molecule has 0 bridgehead atoms. The van der Waals surface area contributed by atoms with E-state index in [9.17, 15) is 31.1 Å². The number of hydrogen-bond acceptors (Lipinski definition) is 7. The number of halogens is 5. The lowest BCUT2D eigenvalue weighted by atomic mass is 10.00. The number of ether oxygens (including phenoxy) is 1. The molecule has 4 aromatic rings. The first-order valence-corrected chi connectivity index (χ1v) is 12.3. The normalized spacial score (nSPS) is 13.0. The highest BCUT2D eigenvalue weighted by molar-refractivity contribution is 7.92. The van der Waals surface area contributed by atoms with E-state index in [1.54, 1.807) is 0 Å². The standard InChI is InChI=1S/C23H20F5N5O4S/c1-37-9-8-29-21-17-14(10-30-22(17)32-11-31-21)20(34)18-15(24)6-7-16(19(18)25)33-38(35,36)13-4-2-12(3-5-13)23(26,27)28/h2-7,10-11,20,33-34H,8-9H2,1H3,(H2,29,30,31,32). The maximum absolute atomic E-state index is 15.4. The van der Waals surface area contributed by atoms with Crippen LogP contribution in [0.3, 0.4) is 0 Å². The first-order valence-electron chi connectivity index (χ1n) is 10.8. The van der Waals surface area contributed by atoms with Gasteiger partial charge in [-0.1, -0.05) is 0 Å². The molecule has 9 nitrogen and oxygen atoms in total. The van der Waals surface area contributed by atoms with E-state index in [0.717, 1.165) is 12.1 Å². The molecule has 0 saturated heterocycles. The Labute approximate surface area is 212 Å². The number of methoxy groups -OCH3 is 1. The molecule has 0 aliphatic heterocycles. The van der Waals surface area contributed by atoms with E-state index in [4.69, 9.17) is 4.74 Å². The highest BCUT2D eigenvalue weighted by atomic mass is 32.2. The highest BCUT2D eigenvalue weighted by Gasteiger charge is 2.31. The highest BCUT2D eigenvalue weighted by Crippen LogP contribution is 2.36. The number of sulfonamides is 1. The van der Waals surface area contributed by atoms with Crippen LogP contribution in [0.4, 0.5) is 33.5 Å². The van der Waals surface area contributed by atoms with Gasteiger partial charge in [-0.25, -0.2) is 27.2 Å². The van der Waals surface area contributed by atoms with E-state index in [0.29, 0.717) is 37.4 Å². The predicted molar refractivity (Wildman–Crippen MR) is 127 cm³/mol. The Kier molecular flexibility index (Phi) is 7.53. The van der Waals surface area contributed by atoms with Gasteiger partial charge in [-0.05, 0) is 36.4 Å². The van der Waals surface area contributed by atoms with Crippen molar-refractivity contribution in [1.29, 1.82) is 0 Å². The fourth-order valence-electron chi connectivity index (χ4n) is 3.69. The first-order chi connectivity index (χ1) is 17.9. The largest absolute Gasteiger partial charge is 0.416 e. The van der Waals surface area contributed by atoms with Crippen LogP contribution in [0.1, 0.15) is 22.8 Å². The summed E-state index contributed by atoms with van der Waals surface area (Å²) in [6, 6.07) is 4.05. The number of aromatic nitrogens is 3. The lowest BCUT2D eigenvalue weighted by Gasteiger charge is -2.17. The van der Waals surface area contributed by atoms with E-state index < -0.39 is 55.6 Å². The van der Waals surface area contributed by atoms with E-state index in [1.165, 1.54) is 19.6 Å². The van der Waals surface area contributed by atoms with Crippen LogP contribution in [-0.4, -0.2) is 48.7 Å². The summed E-state index contributed by atoms with van der Waals surface area (Å²) in [5.41, 5.74) is -2.41. The molecular weight excluding hydrogens is 537 g/mol. The molecule has 2 heterocycles. The summed E-state index contributed by atoms with van der Waals surface area (Å²) in [4.78, 5) is 10.3. The Morgan fingerprint density at radius 1 is 1.11 bits per heavy atom. The molecule has 2 aromatic heterocycles. The lowest BCUT2D eigenvalue weighted by Crippen LogP contribution is -2.16. The molecule has 1 unspecified atom stereocenters. The molecule has 0 aliphatic carbocycles. The van der Waals surface area contributed by atoms with Crippen molar-refractivity contribution in [1.82, 2.24) is 15.0 Å². The van der Waals surface area contributed by atoms with E-state index >= 15 is 4.39 Å². The second kappa shape index (κ2) is 10.5. The number of rotatable bonds is 9. The summed E-state index contributed by atoms with van der Waals surface area (Å²) in [5.74, 6) is -2.34. The van der Waals surface area contributed by atoms with Gasteiger partial charge in [0.1, 0.15) is 29.7 Å². The number of aliphatic hydroxyl groups excluding tert-OH is 1. The van der Waals surface area contributed by atoms with Crippen LogP contribution in [-0.2, 0) is 20.9 Å². The fraction of sp³-hybridized carbons (Fsp3) is 0.217. The number of fused-ring (bicyclic) bond motifs is 1. The van der Waals surface area contributed by atoms with Gasteiger partial charge < -0.3 is 20.1 Å². The molecule has 4 N–H and O–H groups in total. The number of aromatic amines is 1. The van der Waals surface area contributed by atoms with Crippen molar-refractivity contribution in [3.63, 3.8) is 0 Å². The third-order valence-electron chi connectivity index (χ3n) is 5.53. The second-order valence-electron chi connectivity index (χ2n) is 7.96. The topological polar surface area (TPSA) is 129 Å². The van der Waals surface area contributed by atoms with Crippen molar-refractivity contribution in [2.24, 2.45) is 0 Å². The van der Waals surface area contributed by atoms with Gasteiger partial charge in [0.2, 0.25) is 0 Å². The van der Waals surface area contributed by atoms with E-state index in [1.807, 2.05) is 4.72 Å². The minimum atomic E-state index is -4.68. The predicted octanol–water partition coefficient (Wildman–Crippen LogP) is 4.20. The van der Waals surface area contributed by atoms with Gasteiger partial charge in [-0.3, -0.25) is 4.72 Å². The molecule has 0 saturated carbocycles. The third-order valence-corrected chi connectivity index (χ3v) is 6.91. The number of aliphatic hydroxyl groups is 1. The fourth-order valence-corrected chi connectivity index (χ4v) is 4.75. The van der Waals surface area contributed by atoms with Crippen molar-refractivity contribution in [2.45, 2.75) is 17.2 Å². The molecule has 0 amide bonds. The Bertz CT molecular complexity index is 1560. The van der Waals surface area contributed by atoms with Crippen molar-refractivity contribution in [2.75, 3.05) is 30.3 Å². The summed E-state index contributed by atoms with van der Waals surface area (Å²) in [5, 5.41) is 14.2. The van der Waals surface area contributed by atoms with Crippen molar-refractivity contribution < 1.29 is 40.2 Å². The molecule has 1 atom stereocenters. The first kappa shape index (κ1) is 27.2. The van der Waals surface area contributed by atoms with Gasteiger partial charge in [-0.2, -0.15) is 13.2 Å². The minimum absolute atomic E-state index is 0.000985. The number of hydrogen-bond donors (Lipinski definition) is 4. The average Bonchev–Trinajstić information content (AvgIpc) is 3.31. The van der Waals surface area contributed by atoms with Crippen LogP contribution in [0.2, 0.25) is 0 Å². The van der Waals surface area contributed by atoms with Crippen LogP contribution in [0, 0.1) is 11.6 Å². The molecule has 0 aliphatic rings. The van der Waals surface area contributed by atoms with Crippen molar-refractivity contribution in [3.05, 3.63) is 77.2 Å². The maximum atomic E-state index is 15.4. The van der Waals surface area contributed by atoms with Crippen LogP contribution >= 0.6 is 0 Å². The van der Waals surface area contributed by atoms with Gasteiger partial charge in [0, 0.05) is 25.4 Å². The summed E-state index contributed by atoms with van der Waals surface area (Å²) in [7, 11) is -3.08. The van der Waals surface area contributed by atoms with Gasteiger partial charge in [-0.15, -0.1) is 0 Å². The molecule has 2 aromatic carbocycles. The zero-order valence-electron chi connectivity index (χ0n) is 19.5. The molecule has 38 heavy (non-hydrogen) atoms. The minimum Gasteiger partial charge on any atom is -0.383 e. The Morgan fingerprint density at radius 2 is 1.82 bits per heavy atom. The van der Waals surface area contributed by atoms with Crippen molar-refractivity contribution in [3.8, 4) is 0 Å². The SMILES string of the molecule is COCCNc1ncnc2[nH]cc(C(O)c3c(F)ccc(NS(=O)(=O)c4ccc(C(F)(F)F)cc4)c3F)c12. The van der Waals surface area contributed by atoms with Gasteiger partial charge in [0.15, 0.2) is 5.82 Å². The van der Waals surface area contributed by atoms with Gasteiger partial charge in [0.25, 0.3) is 10.0 Å². The van der Waals surface area contributed by atoms with Crippen LogP contribution in [0.25, 0.3) is 11.0 Å². The monoisotopic (exact) mass is 557 g/mol. The van der Waals surface area contributed by atoms with Crippen molar-refractivity contribution >= 4 is 32.6 Å². The van der Waals surface area contributed by atoms with Crippen LogP contribution in [0.5, 0.6) is 0 Å². The molecule has 0 radical (unpaired) electrons. The Morgan fingerprint density at radius 3 is 2.47 bits per heavy atom. The summed E-state index contributed by atoms with van der Waals surface area (Å²) in [6.07, 6.45) is -4.09. The number of benzene rings is 2. The number of anilines is 2. The molecule has 15 heteroatoms. The lowest BCUT2D eigenvalue weighted by molar-refractivity contribution is -0.137. The van der Waals surface area contributed by atoms with Crippen LogP contribution in [0.15, 0.2) is 53.8 Å². The van der Waals surface area contributed by atoms with Gasteiger partial charge >= 0.3 is 6.18 Å². The quantitative estimate of drug-likeness (QED) is 0.179. The molecule has 4 rings (SSSR count). The molecule has 202 valence electrons. The van der Waals surface area contributed by atoms with E-state index in [-0.39, 0.29) is 22.4 Å². The Hall–Kier alpha value is -3.82.